The number of rotatable bonds is 12. The Morgan fingerprint density at radius 3 is 2.40 bits per heavy atom. The molecule has 0 bridgehead atoms. The van der Waals surface area contributed by atoms with Crippen LogP contribution in [0.3, 0.4) is 0 Å². The van der Waals surface area contributed by atoms with E-state index in [2.05, 4.69) is 25.6 Å². The van der Waals surface area contributed by atoms with Gasteiger partial charge in [-0.15, -0.1) is 0 Å². The van der Waals surface area contributed by atoms with Crippen LogP contribution in [0.1, 0.15) is 0 Å². The lowest BCUT2D eigenvalue weighted by atomic mass is 10.2. The molecule has 2 aromatic carbocycles. The van der Waals surface area contributed by atoms with Crippen LogP contribution in [0.2, 0.25) is 5.02 Å². The number of aromatic nitrogens is 3. The zero-order valence-electron chi connectivity index (χ0n) is 22.4. The molecule has 0 aliphatic heterocycles. The summed E-state index contributed by atoms with van der Waals surface area (Å²) in [5.41, 5.74) is 1.57. The third kappa shape index (κ3) is 9.45. The molecule has 4 rings (SSSR count). The highest BCUT2D eigenvalue weighted by Crippen LogP contribution is 2.36. The molecule has 0 spiro atoms. The minimum absolute atomic E-state index is 0.0622. The molecule has 0 unspecified atom stereocenters. The second-order valence-electron chi connectivity index (χ2n) is 8.11. The van der Waals surface area contributed by atoms with Crippen LogP contribution in [-0.2, 0) is 14.3 Å². The van der Waals surface area contributed by atoms with E-state index in [0.717, 1.165) is 0 Å². The summed E-state index contributed by atoms with van der Waals surface area (Å²) < 4.78 is 73.2. The Morgan fingerprint density at radius 1 is 1.07 bits per heavy atom. The Balaban J connectivity index is 0.000000646. The summed E-state index contributed by atoms with van der Waals surface area (Å²) in [6, 6.07) is 8.03. The number of ether oxygens (including phenoxy) is 4. The molecule has 0 aliphatic carbocycles. The lowest BCUT2D eigenvalue weighted by Crippen LogP contribution is -2.21. The van der Waals surface area contributed by atoms with E-state index in [0.29, 0.717) is 23.4 Å². The zero-order valence-corrected chi connectivity index (χ0v) is 23.1. The number of anilines is 4. The number of aromatic amines is 1. The predicted octanol–water partition coefficient (Wildman–Crippen LogP) is 4.87. The number of halogens is 5. The van der Waals surface area contributed by atoms with Crippen LogP contribution in [-0.4, -0.2) is 72.9 Å². The number of H-pyrrole nitrogens is 1. The fraction of sp³-hybridized carbons (Fsp3) is 0.280. The van der Waals surface area contributed by atoms with Gasteiger partial charge in [-0.3, -0.25) is 4.98 Å². The maximum atomic E-state index is 15.4. The Labute approximate surface area is 244 Å². The van der Waals surface area contributed by atoms with Gasteiger partial charge in [0.05, 0.1) is 30.6 Å². The number of oxazole rings is 1. The van der Waals surface area contributed by atoms with Crippen molar-refractivity contribution in [2.45, 2.75) is 6.18 Å². The van der Waals surface area contributed by atoms with Crippen molar-refractivity contribution in [1.82, 2.24) is 15.0 Å². The molecule has 0 atom stereocenters. The van der Waals surface area contributed by atoms with E-state index in [1.807, 2.05) is 0 Å². The van der Waals surface area contributed by atoms with Crippen molar-refractivity contribution in [2.75, 3.05) is 51.3 Å². The van der Waals surface area contributed by atoms with Crippen LogP contribution in [0, 0.1) is 5.82 Å². The van der Waals surface area contributed by atoms with E-state index in [-0.39, 0.29) is 53.8 Å². The molecule has 0 amide bonds. The van der Waals surface area contributed by atoms with Gasteiger partial charge in [0.2, 0.25) is 5.95 Å². The van der Waals surface area contributed by atoms with E-state index >= 15 is 4.39 Å². The predicted molar refractivity (Wildman–Crippen MR) is 145 cm³/mol. The Morgan fingerprint density at radius 2 is 1.74 bits per heavy atom. The third-order valence-electron chi connectivity index (χ3n) is 5.05. The number of fused-ring (bicyclic) bond motifs is 1. The van der Waals surface area contributed by atoms with Crippen LogP contribution in [0.4, 0.5) is 40.7 Å². The fourth-order valence-electron chi connectivity index (χ4n) is 3.15. The molecule has 4 aromatic rings. The molecule has 43 heavy (non-hydrogen) atoms. The fourth-order valence-corrected chi connectivity index (χ4v) is 3.29. The molecular weight excluding hydrogens is 610 g/mol. The van der Waals surface area contributed by atoms with E-state index in [4.69, 9.17) is 44.9 Å². The summed E-state index contributed by atoms with van der Waals surface area (Å²) in [6.07, 6.45) is -3.71. The second-order valence-corrected chi connectivity index (χ2v) is 8.51. The van der Waals surface area contributed by atoms with Crippen LogP contribution in [0.15, 0.2) is 45.7 Å². The highest BCUT2D eigenvalue weighted by Gasteiger charge is 2.38. The number of alkyl halides is 3. The van der Waals surface area contributed by atoms with E-state index in [1.165, 1.54) is 19.4 Å². The number of benzene rings is 2. The normalized spacial score (nSPS) is 11.0. The number of nitrogens with zero attached hydrogens (tertiary/aromatic N) is 2. The van der Waals surface area contributed by atoms with Crippen molar-refractivity contribution in [3.8, 4) is 11.5 Å². The van der Waals surface area contributed by atoms with Gasteiger partial charge >= 0.3 is 17.9 Å². The molecule has 13 nitrogen and oxygen atoms in total. The molecule has 4 N–H and O–H groups in total. The molecule has 0 saturated carbocycles. The van der Waals surface area contributed by atoms with Crippen molar-refractivity contribution >= 4 is 51.8 Å². The van der Waals surface area contributed by atoms with Crippen LogP contribution in [0.5, 0.6) is 11.5 Å². The van der Waals surface area contributed by atoms with Gasteiger partial charge in [-0.05, 0) is 30.3 Å². The van der Waals surface area contributed by atoms with Gasteiger partial charge in [-0.25, -0.2) is 19.0 Å². The van der Waals surface area contributed by atoms with Gasteiger partial charge in [0, 0.05) is 19.9 Å². The maximum absolute atomic E-state index is 15.4. The molecule has 0 fully saturated rings. The van der Waals surface area contributed by atoms with Gasteiger partial charge in [0.25, 0.3) is 0 Å². The number of methoxy groups -OCH3 is 2. The van der Waals surface area contributed by atoms with Gasteiger partial charge in [-0.2, -0.15) is 18.2 Å². The van der Waals surface area contributed by atoms with E-state index < -0.39 is 23.7 Å². The highest BCUT2D eigenvalue weighted by molar-refractivity contribution is 6.32. The summed E-state index contributed by atoms with van der Waals surface area (Å²) in [5, 5.41) is 13.2. The minimum atomic E-state index is -5.08. The van der Waals surface area contributed by atoms with Crippen LogP contribution >= 0.6 is 11.6 Å². The van der Waals surface area contributed by atoms with Crippen molar-refractivity contribution < 1.29 is 50.8 Å². The summed E-state index contributed by atoms with van der Waals surface area (Å²) in [4.78, 5) is 31.3. The third-order valence-corrected chi connectivity index (χ3v) is 5.33. The maximum Gasteiger partial charge on any atom is 0.490 e. The molecule has 0 saturated heterocycles. The molecule has 232 valence electrons. The number of aliphatic carboxylic acids is 1. The van der Waals surface area contributed by atoms with Crippen molar-refractivity contribution in [3.63, 3.8) is 0 Å². The number of nitrogens with one attached hydrogen (secondary N) is 3. The Kier molecular flexibility index (Phi) is 11.5. The van der Waals surface area contributed by atoms with Crippen LogP contribution < -0.4 is 25.9 Å². The molecule has 2 heterocycles. The average molecular weight is 634 g/mol. The lowest BCUT2D eigenvalue weighted by molar-refractivity contribution is -0.192. The monoisotopic (exact) mass is 633 g/mol. The van der Waals surface area contributed by atoms with Crippen LogP contribution in [0.25, 0.3) is 11.1 Å². The van der Waals surface area contributed by atoms with Crippen molar-refractivity contribution in [2.24, 2.45) is 0 Å². The quantitative estimate of drug-likeness (QED) is 0.123. The average Bonchev–Trinajstić information content (AvgIpc) is 3.32. The van der Waals surface area contributed by atoms with Gasteiger partial charge in [0.15, 0.2) is 28.7 Å². The van der Waals surface area contributed by atoms with Gasteiger partial charge in [0.1, 0.15) is 18.2 Å². The zero-order chi connectivity index (χ0) is 31.6. The summed E-state index contributed by atoms with van der Waals surface area (Å²) >= 11 is 6.26. The van der Waals surface area contributed by atoms with Gasteiger partial charge < -0.3 is 39.1 Å². The summed E-state index contributed by atoms with van der Waals surface area (Å²) in [7, 11) is 3.06. The topological polar surface area (TPSA) is 170 Å². The van der Waals surface area contributed by atoms with E-state index in [9.17, 15) is 18.0 Å². The summed E-state index contributed by atoms with van der Waals surface area (Å²) in [6.45, 7) is 0.937. The molecule has 0 aliphatic rings. The largest absolute Gasteiger partial charge is 0.490 e. The van der Waals surface area contributed by atoms with Gasteiger partial charge in [-0.1, -0.05) is 11.6 Å². The second kappa shape index (κ2) is 15.0. The highest BCUT2D eigenvalue weighted by atomic mass is 35.5. The minimum Gasteiger partial charge on any atom is -0.487 e. The van der Waals surface area contributed by atoms with Crippen molar-refractivity contribution in [3.05, 3.63) is 57.9 Å². The first-order valence-corrected chi connectivity index (χ1v) is 12.4. The SMILES string of the molecule is COCCOc1ccc(Nc2ncc(Cl)c(Nc3ccc4oc(=O)[nH]c4c3)n2)c(F)c1OCCOC.O=C(O)C(F)(F)F. The molecule has 18 heteroatoms. The number of carbonyl (C=O) groups is 1. The smallest absolute Gasteiger partial charge is 0.487 e. The first-order valence-electron chi connectivity index (χ1n) is 12.0. The lowest BCUT2D eigenvalue weighted by Gasteiger charge is -2.16. The van der Waals surface area contributed by atoms with Crippen molar-refractivity contribution in [1.29, 1.82) is 0 Å². The number of hydrogen-bond acceptors (Lipinski definition) is 11. The Hall–Kier alpha value is -4.61. The number of hydrogen-bond donors (Lipinski definition) is 4. The Bertz CT molecular complexity index is 1600. The van der Waals surface area contributed by atoms with E-state index in [1.54, 1.807) is 31.4 Å². The first-order chi connectivity index (χ1) is 20.4. The molecule has 0 radical (unpaired) electrons. The summed E-state index contributed by atoms with van der Waals surface area (Å²) in [5.74, 6) is -3.53. The molecule has 2 aromatic heterocycles. The first kappa shape index (κ1) is 32.9. The molecular formula is C25H24ClF4N5O8. The number of carboxylic acid groups (broad SMARTS) is 1. The standard InChI is InChI=1S/C23H23ClFN5O6.C2HF3O2/c1-32-7-9-34-18-6-4-15(19(25)20(18)35-10-8-33-2)28-22-26-12-14(24)21(30-22)27-13-3-5-17-16(11-13)29-23(31)36-17;3-2(4,5)1(6)7/h3-6,11-12H,7-10H2,1-2H3,(H,29,31)(H2,26,27,28,30);(H,6,7). The number of carboxylic acids is 1.